The fraction of sp³-hybridized carbons (Fsp3) is 0.462. The van der Waals surface area contributed by atoms with E-state index in [1.54, 1.807) is 12.1 Å². The van der Waals surface area contributed by atoms with Crippen LogP contribution >= 0.6 is 0 Å². The first-order valence-corrected chi connectivity index (χ1v) is 6.08. The highest BCUT2D eigenvalue weighted by atomic mass is 19.1. The number of halogens is 1. The summed E-state index contributed by atoms with van der Waals surface area (Å²) in [5, 5.41) is 2.76. The average molecular weight is 237 g/mol. The van der Waals surface area contributed by atoms with Crippen molar-refractivity contribution in [3.05, 3.63) is 30.1 Å². The summed E-state index contributed by atoms with van der Waals surface area (Å²) < 4.78 is 13.0. The van der Waals surface area contributed by atoms with Crippen molar-refractivity contribution in [3.8, 4) is 0 Å². The minimum Gasteiger partial charge on any atom is -0.325 e. The third-order valence-corrected chi connectivity index (χ3v) is 3.34. The van der Waals surface area contributed by atoms with Crippen molar-refractivity contribution in [1.82, 2.24) is 0 Å². The van der Waals surface area contributed by atoms with Crippen LogP contribution in [0.15, 0.2) is 24.3 Å². The lowest BCUT2D eigenvalue weighted by Crippen LogP contribution is -3.14. The highest BCUT2D eigenvalue weighted by Gasteiger charge is 2.27. The maximum Gasteiger partial charge on any atom is 0.282 e. The number of hydrogen-bond donors (Lipinski definition) is 2. The highest BCUT2D eigenvalue weighted by molar-refractivity contribution is 5.93. The van der Waals surface area contributed by atoms with E-state index in [-0.39, 0.29) is 17.8 Å². The third kappa shape index (κ3) is 3.03. The molecule has 1 amide bonds. The number of anilines is 1. The van der Waals surface area contributed by atoms with Crippen molar-refractivity contribution in [2.45, 2.75) is 25.8 Å². The predicted molar refractivity (Wildman–Crippen MR) is 64.4 cm³/mol. The Morgan fingerprint density at radius 3 is 2.76 bits per heavy atom. The van der Waals surface area contributed by atoms with Crippen molar-refractivity contribution in [1.29, 1.82) is 0 Å². The minimum atomic E-state index is -0.330. The maximum absolute atomic E-state index is 13.0. The molecule has 0 spiro atoms. The topological polar surface area (TPSA) is 33.5 Å². The monoisotopic (exact) mass is 237 g/mol. The van der Waals surface area contributed by atoms with E-state index in [4.69, 9.17) is 0 Å². The summed E-state index contributed by atoms with van der Waals surface area (Å²) in [6, 6.07) is 5.93. The lowest BCUT2D eigenvalue weighted by atomic mass is 10.2. The Balaban J connectivity index is 1.96. The van der Waals surface area contributed by atoms with Crippen molar-refractivity contribution < 1.29 is 14.1 Å². The lowest BCUT2D eigenvalue weighted by molar-refractivity contribution is -0.901. The summed E-state index contributed by atoms with van der Waals surface area (Å²) in [7, 11) is 0. The van der Waals surface area contributed by atoms with E-state index in [0.717, 1.165) is 13.1 Å². The molecular weight excluding hydrogens is 219 g/mol. The van der Waals surface area contributed by atoms with Gasteiger partial charge >= 0.3 is 0 Å². The molecule has 1 aromatic carbocycles. The van der Waals surface area contributed by atoms with E-state index >= 15 is 0 Å². The number of rotatable bonds is 3. The standard InChI is InChI=1S/C13H17FN2O/c1-10(16-7-2-3-8-16)13(17)15-12-6-4-5-11(14)9-12/h4-6,9-10H,2-3,7-8H2,1H3,(H,15,17)/p+1/t10-/m1/s1. The first kappa shape index (κ1) is 12.0. The van der Waals surface area contributed by atoms with E-state index in [9.17, 15) is 9.18 Å². The molecule has 3 nitrogen and oxygen atoms in total. The molecule has 0 unspecified atom stereocenters. The zero-order valence-corrected chi connectivity index (χ0v) is 10.0. The molecular formula is C13H18FN2O+. The molecule has 1 atom stereocenters. The third-order valence-electron chi connectivity index (χ3n) is 3.34. The highest BCUT2D eigenvalue weighted by Crippen LogP contribution is 2.09. The quantitative estimate of drug-likeness (QED) is 0.802. The summed E-state index contributed by atoms with van der Waals surface area (Å²) >= 11 is 0. The second-order valence-corrected chi connectivity index (χ2v) is 4.59. The molecule has 17 heavy (non-hydrogen) atoms. The maximum atomic E-state index is 13.0. The summed E-state index contributed by atoms with van der Waals surface area (Å²) in [6.07, 6.45) is 2.37. The second kappa shape index (κ2) is 5.27. The largest absolute Gasteiger partial charge is 0.325 e. The van der Waals surface area contributed by atoms with E-state index < -0.39 is 0 Å². The Morgan fingerprint density at radius 2 is 2.12 bits per heavy atom. The average Bonchev–Trinajstić information content (AvgIpc) is 2.81. The van der Waals surface area contributed by atoms with Crippen LogP contribution in [0.2, 0.25) is 0 Å². The number of hydrogen-bond acceptors (Lipinski definition) is 1. The van der Waals surface area contributed by atoms with Gasteiger partial charge in [0.05, 0.1) is 13.1 Å². The van der Waals surface area contributed by atoms with Crippen molar-refractivity contribution in [3.63, 3.8) is 0 Å². The van der Waals surface area contributed by atoms with Crippen LogP contribution in [0.5, 0.6) is 0 Å². The zero-order chi connectivity index (χ0) is 12.3. The molecule has 2 N–H and O–H groups in total. The van der Waals surface area contributed by atoms with Crippen molar-refractivity contribution in [2.24, 2.45) is 0 Å². The minimum absolute atomic E-state index is 0.0347. The van der Waals surface area contributed by atoms with Crippen LogP contribution in [0, 0.1) is 5.82 Å². The molecule has 1 aliphatic heterocycles. The first-order valence-electron chi connectivity index (χ1n) is 6.08. The molecule has 1 heterocycles. The van der Waals surface area contributed by atoms with Gasteiger partial charge in [-0.3, -0.25) is 4.79 Å². The number of amides is 1. The molecule has 0 radical (unpaired) electrons. The molecule has 1 aromatic rings. The van der Waals surface area contributed by atoms with Gasteiger partial charge in [0.2, 0.25) is 0 Å². The molecule has 4 heteroatoms. The van der Waals surface area contributed by atoms with Gasteiger partial charge in [0.1, 0.15) is 5.82 Å². The Labute approximate surface area is 101 Å². The SMILES string of the molecule is C[C@H](C(=O)Nc1cccc(F)c1)[NH+]1CCCC1. The summed E-state index contributed by atoms with van der Waals surface area (Å²) in [6.45, 7) is 4.03. The van der Waals surface area contributed by atoms with Gasteiger partial charge in [-0.1, -0.05) is 6.07 Å². The lowest BCUT2D eigenvalue weighted by Gasteiger charge is -2.19. The van der Waals surface area contributed by atoms with Crippen molar-refractivity contribution in [2.75, 3.05) is 18.4 Å². The van der Waals surface area contributed by atoms with Gasteiger partial charge < -0.3 is 10.2 Å². The Hall–Kier alpha value is -1.42. The molecule has 0 aliphatic carbocycles. The van der Waals surface area contributed by atoms with Crippen LogP contribution in [0.3, 0.4) is 0 Å². The van der Waals surface area contributed by atoms with Gasteiger partial charge in [0.15, 0.2) is 6.04 Å². The molecule has 0 bridgehead atoms. The number of quaternary nitrogens is 1. The number of nitrogens with one attached hydrogen (secondary N) is 2. The first-order chi connectivity index (χ1) is 8.16. The summed E-state index contributed by atoms with van der Waals surface area (Å²) in [4.78, 5) is 13.3. The Morgan fingerprint density at radius 1 is 1.41 bits per heavy atom. The molecule has 0 saturated carbocycles. The number of likely N-dealkylation sites (tertiary alicyclic amines) is 1. The molecule has 1 fully saturated rings. The fourth-order valence-corrected chi connectivity index (χ4v) is 2.26. The summed E-state index contributed by atoms with van der Waals surface area (Å²) in [5.41, 5.74) is 0.528. The molecule has 1 saturated heterocycles. The number of benzene rings is 1. The van der Waals surface area contributed by atoms with Crippen LogP contribution in [-0.2, 0) is 4.79 Å². The van der Waals surface area contributed by atoms with Gasteiger partial charge in [0.25, 0.3) is 5.91 Å². The van der Waals surface area contributed by atoms with Crippen LogP contribution in [0.1, 0.15) is 19.8 Å². The van der Waals surface area contributed by atoms with Gasteiger partial charge in [-0.25, -0.2) is 4.39 Å². The fourth-order valence-electron chi connectivity index (χ4n) is 2.26. The van der Waals surface area contributed by atoms with Crippen LogP contribution < -0.4 is 10.2 Å². The summed E-state index contributed by atoms with van der Waals surface area (Å²) in [5.74, 6) is -0.364. The number of carbonyl (C=O) groups is 1. The van der Waals surface area contributed by atoms with Gasteiger partial charge in [0, 0.05) is 18.5 Å². The van der Waals surface area contributed by atoms with Crippen LogP contribution in [0.25, 0.3) is 0 Å². The Bertz CT molecular complexity index is 402. The van der Waals surface area contributed by atoms with Crippen LogP contribution in [-0.4, -0.2) is 25.0 Å². The van der Waals surface area contributed by atoms with Crippen LogP contribution in [0.4, 0.5) is 10.1 Å². The van der Waals surface area contributed by atoms with E-state index in [0.29, 0.717) is 5.69 Å². The number of carbonyl (C=O) groups excluding carboxylic acids is 1. The molecule has 92 valence electrons. The smallest absolute Gasteiger partial charge is 0.282 e. The van der Waals surface area contributed by atoms with Gasteiger partial charge in [-0.2, -0.15) is 0 Å². The molecule has 1 aliphatic rings. The second-order valence-electron chi connectivity index (χ2n) is 4.59. The molecule has 0 aromatic heterocycles. The van der Waals surface area contributed by atoms with E-state index in [2.05, 4.69) is 5.32 Å². The van der Waals surface area contributed by atoms with Gasteiger partial charge in [-0.05, 0) is 25.1 Å². The predicted octanol–water partition coefficient (Wildman–Crippen LogP) is 0.831. The Kier molecular flexibility index (Phi) is 3.74. The normalized spacial score (nSPS) is 18.0. The molecule has 2 rings (SSSR count). The van der Waals surface area contributed by atoms with Crippen molar-refractivity contribution >= 4 is 11.6 Å². The van der Waals surface area contributed by atoms with Gasteiger partial charge in [-0.15, -0.1) is 0 Å². The zero-order valence-electron chi connectivity index (χ0n) is 10.0. The van der Waals surface area contributed by atoms with E-state index in [1.165, 1.54) is 29.9 Å². The van der Waals surface area contributed by atoms with E-state index in [1.807, 2.05) is 6.92 Å².